The van der Waals surface area contributed by atoms with Gasteiger partial charge >= 0.3 is 17.9 Å². The van der Waals surface area contributed by atoms with Crippen molar-refractivity contribution in [1.82, 2.24) is 0 Å². The highest BCUT2D eigenvalue weighted by Crippen LogP contribution is 2.15. The van der Waals surface area contributed by atoms with Crippen LogP contribution in [0.15, 0.2) is 60.8 Å². The van der Waals surface area contributed by atoms with Crippen LogP contribution in [0.25, 0.3) is 0 Å². The van der Waals surface area contributed by atoms with Crippen molar-refractivity contribution in [2.24, 2.45) is 0 Å². The second kappa shape index (κ2) is 53.7. The van der Waals surface area contributed by atoms with Crippen LogP contribution in [0.2, 0.25) is 0 Å². The van der Waals surface area contributed by atoms with E-state index in [9.17, 15) is 14.4 Å². The van der Waals surface area contributed by atoms with Crippen molar-refractivity contribution in [1.29, 1.82) is 0 Å². The molecular weight excluding hydrogens is 805 g/mol. The maximum Gasteiger partial charge on any atom is 0.306 e. The maximum atomic E-state index is 12.8. The molecule has 0 rings (SSSR count). The number of ether oxygens (including phenoxy) is 3. The van der Waals surface area contributed by atoms with Crippen molar-refractivity contribution >= 4 is 17.9 Å². The molecule has 0 radical (unpaired) electrons. The van der Waals surface area contributed by atoms with Crippen LogP contribution in [0.3, 0.4) is 0 Å². The Hall–Kier alpha value is -2.89. The average molecular weight is 909 g/mol. The molecule has 0 bridgehead atoms. The highest BCUT2D eigenvalue weighted by molar-refractivity contribution is 5.71. The van der Waals surface area contributed by atoms with Gasteiger partial charge in [0.05, 0.1) is 0 Å². The van der Waals surface area contributed by atoms with Crippen LogP contribution in [0.5, 0.6) is 0 Å². The first-order valence-electron chi connectivity index (χ1n) is 27.8. The Labute approximate surface area is 402 Å². The van der Waals surface area contributed by atoms with Crippen LogP contribution in [0, 0.1) is 0 Å². The summed E-state index contributed by atoms with van der Waals surface area (Å²) in [5.74, 6) is -0.902. The van der Waals surface area contributed by atoms with Crippen LogP contribution in [-0.4, -0.2) is 37.2 Å². The second-order valence-corrected chi connectivity index (χ2v) is 18.5. The molecule has 0 heterocycles. The van der Waals surface area contributed by atoms with Gasteiger partial charge in [0.1, 0.15) is 13.2 Å². The molecule has 0 aromatic carbocycles. The number of rotatable bonds is 50. The third-order valence-electron chi connectivity index (χ3n) is 12.0. The van der Waals surface area contributed by atoms with Crippen LogP contribution in [0.1, 0.15) is 278 Å². The minimum atomic E-state index is -0.786. The van der Waals surface area contributed by atoms with E-state index >= 15 is 0 Å². The van der Waals surface area contributed by atoms with Gasteiger partial charge in [-0.05, 0) is 109 Å². The third kappa shape index (κ3) is 51.9. The molecule has 0 fully saturated rings. The van der Waals surface area contributed by atoms with E-state index in [1.165, 1.54) is 141 Å². The van der Waals surface area contributed by atoms with Crippen molar-refractivity contribution in [3.05, 3.63) is 60.8 Å². The van der Waals surface area contributed by atoms with E-state index in [1.807, 2.05) is 0 Å². The summed E-state index contributed by atoms with van der Waals surface area (Å²) in [6.45, 7) is 6.57. The van der Waals surface area contributed by atoms with Gasteiger partial charge in [0.25, 0.3) is 0 Å². The lowest BCUT2D eigenvalue weighted by Crippen LogP contribution is -2.30. The van der Waals surface area contributed by atoms with E-state index < -0.39 is 6.10 Å². The Morgan fingerprint density at radius 1 is 0.308 bits per heavy atom. The lowest BCUT2D eigenvalue weighted by atomic mass is 10.1. The van der Waals surface area contributed by atoms with E-state index in [0.717, 1.165) is 96.3 Å². The number of unbranched alkanes of at least 4 members (excludes halogenated alkanes) is 29. The predicted molar refractivity (Wildman–Crippen MR) is 279 cm³/mol. The summed E-state index contributed by atoms with van der Waals surface area (Å²) in [4.78, 5) is 38.1. The topological polar surface area (TPSA) is 78.9 Å². The molecule has 0 saturated carbocycles. The Kier molecular flexibility index (Phi) is 51.3. The minimum Gasteiger partial charge on any atom is -0.462 e. The summed E-state index contributed by atoms with van der Waals surface area (Å²) in [6, 6.07) is 0. The molecule has 6 nitrogen and oxygen atoms in total. The van der Waals surface area contributed by atoms with E-state index in [-0.39, 0.29) is 31.1 Å². The molecule has 0 spiro atoms. The summed E-state index contributed by atoms with van der Waals surface area (Å²) in [5.41, 5.74) is 0. The van der Waals surface area contributed by atoms with Gasteiger partial charge < -0.3 is 14.2 Å². The first-order chi connectivity index (χ1) is 32.0. The standard InChI is InChI=1S/C59H104O6/c1-4-7-10-13-16-19-22-25-28-29-32-34-37-40-43-46-49-52-58(61)64-55-56(65-59(62)53-50-47-44-41-38-35-31-27-24-21-18-15-12-9-6-3)54-63-57(60)51-48-45-42-39-36-33-30-26-23-20-17-14-11-8-5-2/h16,18-21,23,25,27-28,31,56H,4-15,17,22,24,26,29-30,32-55H2,1-3H3/b19-16-,21-18-,23-20-,28-25-,31-27-/t56-/m0/s1. The van der Waals surface area contributed by atoms with Crippen molar-refractivity contribution in [2.45, 2.75) is 284 Å². The summed E-state index contributed by atoms with van der Waals surface area (Å²) in [5, 5.41) is 0. The van der Waals surface area contributed by atoms with E-state index in [2.05, 4.69) is 81.5 Å². The lowest BCUT2D eigenvalue weighted by molar-refractivity contribution is -0.167. The van der Waals surface area contributed by atoms with Gasteiger partial charge in [0.2, 0.25) is 0 Å². The van der Waals surface area contributed by atoms with Gasteiger partial charge in [-0.3, -0.25) is 14.4 Å². The first-order valence-corrected chi connectivity index (χ1v) is 27.8. The summed E-state index contributed by atoms with van der Waals surface area (Å²) in [6.07, 6.45) is 66.2. The van der Waals surface area contributed by atoms with Gasteiger partial charge in [-0.25, -0.2) is 0 Å². The van der Waals surface area contributed by atoms with Gasteiger partial charge in [-0.1, -0.05) is 210 Å². The fraction of sp³-hybridized carbons (Fsp3) is 0.780. The summed E-state index contributed by atoms with van der Waals surface area (Å²) in [7, 11) is 0. The van der Waals surface area contributed by atoms with Crippen molar-refractivity contribution in [3.63, 3.8) is 0 Å². The molecule has 0 saturated heterocycles. The van der Waals surface area contributed by atoms with Gasteiger partial charge in [-0.2, -0.15) is 0 Å². The molecule has 0 aliphatic carbocycles. The Balaban J connectivity index is 4.41. The van der Waals surface area contributed by atoms with Crippen LogP contribution < -0.4 is 0 Å². The van der Waals surface area contributed by atoms with Crippen molar-refractivity contribution in [3.8, 4) is 0 Å². The van der Waals surface area contributed by atoms with Crippen LogP contribution in [-0.2, 0) is 28.6 Å². The molecule has 0 unspecified atom stereocenters. The highest BCUT2D eigenvalue weighted by atomic mass is 16.6. The Bertz CT molecular complexity index is 1180. The molecule has 1 atom stereocenters. The predicted octanol–water partition coefficient (Wildman–Crippen LogP) is 18.4. The fourth-order valence-corrected chi connectivity index (χ4v) is 7.73. The van der Waals surface area contributed by atoms with Crippen LogP contribution in [0.4, 0.5) is 0 Å². The molecule has 65 heavy (non-hydrogen) atoms. The van der Waals surface area contributed by atoms with E-state index in [4.69, 9.17) is 14.2 Å². The third-order valence-corrected chi connectivity index (χ3v) is 12.0. The molecule has 0 amide bonds. The zero-order chi connectivity index (χ0) is 47.2. The molecular formula is C59H104O6. The number of hydrogen-bond donors (Lipinski definition) is 0. The molecule has 0 aromatic rings. The molecule has 376 valence electrons. The zero-order valence-electron chi connectivity index (χ0n) is 43.0. The maximum absolute atomic E-state index is 12.8. The molecule has 0 aliphatic rings. The Morgan fingerprint density at radius 2 is 0.554 bits per heavy atom. The zero-order valence-corrected chi connectivity index (χ0v) is 43.0. The minimum absolute atomic E-state index is 0.0842. The summed E-state index contributed by atoms with van der Waals surface area (Å²) >= 11 is 0. The monoisotopic (exact) mass is 909 g/mol. The number of hydrogen-bond acceptors (Lipinski definition) is 6. The van der Waals surface area contributed by atoms with Crippen LogP contribution >= 0.6 is 0 Å². The SMILES string of the molecule is CCCCC/C=C\C/C=C\CCCCCCCCCC(=O)OC[C@H](COC(=O)CCCCCCCCC/C=C\CCCCCC)OC(=O)CCCCCCC/C=C\C/C=C\CCCCC. The smallest absolute Gasteiger partial charge is 0.306 e. The number of esters is 3. The van der Waals surface area contributed by atoms with Crippen molar-refractivity contribution in [2.75, 3.05) is 13.2 Å². The van der Waals surface area contributed by atoms with Gasteiger partial charge in [0, 0.05) is 19.3 Å². The fourth-order valence-electron chi connectivity index (χ4n) is 7.73. The van der Waals surface area contributed by atoms with E-state index in [0.29, 0.717) is 19.3 Å². The normalized spacial score (nSPS) is 12.5. The first kappa shape index (κ1) is 62.1. The summed E-state index contributed by atoms with van der Waals surface area (Å²) < 4.78 is 16.8. The van der Waals surface area contributed by atoms with Crippen molar-refractivity contribution < 1.29 is 28.6 Å². The van der Waals surface area contributed by atoms with Gasteiger partial charge in [-0.15, -0.1) is 0 Å². The number of carbonyl (C=O) groups is 3. The Morgan fingerprint density at radius 3 is 0.892 bits per heavy atom. The molecule has 0 aliphatic heterocycles. The van der Waals surface area contributed by atoms with Gasteiger partial charge in [0.15, 0.2) is 6.10 Å². The number of carbonyl (C=O) groups excluding carboxylic acids is 3. The molecule has 6 heteroatoms. The quantitative estimate of drug-likeness (QED) is 0.0262. The lowest BCUT2D eigenvalue weighted by Gasteiger charge is -2.18. The highest BCUT2D eigenvalue weighted by Gasteiger charge is 2.19. The largest absolute Gasteiger partial charge is 0.462 e. The average Bonchev–Trinajstić information content (AvgIpc) is 3.30. The van der Waals surface area contributed by atoms with E-state index in [1.54, 1.807) is 0 Å². The second-order valence-electron chi connectivity index (χ2n) is 18.5. The molecule has 0 N–H and O–H groups in total. The molecule has 0 aromatic heterocycles. The number of allylic oxidation sites excluding steroid dienone is 10.